The summed E-state index contributed by atoms with van der Waals surface area (Å²) >= 11 is 0. The zero-order valence-corrected chi connectivity index (χ0v) is 26.4. The summed E-state index contributed by atoms with van der Waals surface area (Å²) in [5.74, 6) is 0.360. The maximum Gasteiger partial charge on any atom is 0.215 e. The number of ether oxygens (including phenoxy) is 2. The van der Waals surface area contributed by atoms with Gasteiger partial charge in [0.2, 0.25) is 5.90 Å². The minimum Gasteiger partial charge on any atom is -0.508 e. The number of aromatic hydroxyl groups is 1. The van der Waals surface area contributed by atoms with Crippen LogP contribution in [0.3, 0.4) is 0 Å². The van der Waals surface area contributed by atoms with Crippen LogP contribution in [0.15, 0.2) is 94.8 Å². The zero-order valence-electron chi connectivity index (χ0n) is 26.4. The standard InChI is InChI=1S/C29H35N3O3.2C3H8/c1-5-26-25(17-19-34-4)29(3,20-22-12-14-24(33)15-13-22)27(32(26)6-2)16-18-31-21-35-28(30)23-10-8-7-9-11-23;2*1-3-2/h5,7-18,30,33H,6,19-21H2,1-4H3;2*3H2,1-2H3/b25-17+,26-5+,27-16-,30-28?,31-18-;;. The number of nitrogens with one attached hydrogen (secondary N) is 1. The Kier molecular flexibility index (Phi) is 16.8. The van der Waals surface area contributed by atoms with Gasteiger partial charge >= 0.3 is 0 Å². The average molecular weight is 562 g/mol. The predicted molar refractivity (Wildman–Crippen MR) is 174 cm³/mol. The van der Waals surface area contributed by atoms with Crippen molar-refractivity contribution in [1.29, 1.82) is 5.41 Å². The number of likely N-dealkylation sites (N-methyl/N-ethyl adjacent to an activating group) is 1. The van der Waals surface area contributed by atoms with E-state index in [1.165, 1.54) is 18.4 Å². The van der Waals surface area contributed by atoms with Crippen LogP contribution in [0, 0.1) is 10.8 Å². The molecule has 2 aromatic carbocycles. The van der Waals surface area contributed by atoms with Gasteiger partial charge in [-0.2, -0.15) is 0 Å². The highest BCUT2D eigenvalue weighted by atomic mass is 16.5. The van der Waals surface area contributed by atoms with E-state index in [2.05, 4.69) is 70.5 Å². The van der Waals surface area contributed by atoms with Crippen LogP contribution in [-0.4, -0.2) is 49.1 Å². The third-order valence-corrected chi connectivity index (χ3v) is 6.21. The molecule has 2 aromatic rings. The van der Waals surface area contributed by atoms with E-state index in [1.54, 1.807) is 25.5 Å². The minimum absolute atomic E-state index is 0.0706. The molecule has 6 nitrogen and oxygen atoms in total. The van der Waals surface area contributed by atoms with Crippen LogP contribution in [0.5, 0.6) is 5.75 Å². The van der Waals surface area contributed by atoms with Crippen molar-refractivity contribution >= 4 is 12.1 Å². The summed E-state index contributed by atoms with van der Waals surface area (Å²) in [5.41, 5.74) is 5.03. The Morgan fingerprint density at radius 3 is 2.15 bits per heavy atom. The summed E-state index contributed by atoms with van der Waals surface area (Å²) < 4.78 is 10.9. The lowest BCUT2D eigenvalue weighted by Gasteiger charge is -2.29. The SMILES string of the molecule is C/C=C1\C(=C/COC)C(C)(Cc2ccc(O)cc2)/C(=C/C=N\COC(=N)c2ccccc2)N1CC.CCC.CCC. The van der Waals surface area contributed by atoms with Gasteiger partial charge in [-0.3, -0.25) is 10.4 Å². The highest BCUT2D eigenvalue weighted by Gasteiger charge is 2.45. The summed E-state index contributed by atoms with van der Waals surface area (Å²) in [5, 5.41) is 17.8. The highest BCUT2D eigenvalue weighted by Crippen LogP contribution is 2.51. The van der Waals surface area contributed by atoms with Crippen LogP contribution in [0.4, 0.5) is 0 Å². The molecule has 0 amide bonds. The molecule has 0 saturated carbocycles. The fourth-order valence-electron chi connectivity index (χ4n) is 4.56. The van der Waals surface area contributed by atoms with E-state index < -0.39 is 0 Å². The number of methoxy groups -OCH3 is 1. The first-order chi connectivity index (χ1) is 19.8. The molecule has 224 valence electrons. The van der Waals surface area contributed by atoms with Gasteiger partial charge in [0.25, 0.3) is 0 Å². The number of hydrogen-bond acceptors (Lipinski definition) is 6. The molecule has 0 radical (unpaired) electrons. The third kappa shape index (κ3) is 10.7. The van der Waals surface area contributed by atoms with Crippen LogP contribution in [-0.2, 0) is 15.9 Å². The number of benzene rings is 2. The molecular formula is C35H51N3O3. The fourth-order valence-corrected chi connectivity index (χ4v) is 4.56. The quantitative estimate of drug-likeness (QED) is 0.237. The van der Waals surface area contributed by atoms with Crippen molar-refractivity contribution in [2.75, 3.05) is 27.0 Å². The lowest BCUT2D eigenvalue weighted by Crippen LogP contribution is -2.25. The number of phenolic OH excluding ortho intramolecular Hbond substituents is 1. The van der Waals surface area contributed by atoms with Crippen molar-refractivity contribution in [3.05, 3.63) is 101 Å². The molecule has 41 heavy (non-hydrogen) atoms. The summed E-state index contributed by atoms with van der Waals surface area (Å²) in [6.07, 6.45) is 11.4. The molecule has 0 aromatic heterocycles. The van der Waals surface area contributed by atoms with E-state index in [1.807, 2.05) is 48.5 Å². The number of likely N-dealkylation sites (tertiary alicyclic amines) is 1. The Bertz CT molecular complexity index is 1150. The minimum atomic E-state index is -0.322. The molecule has 1 saturated heterocycles. The molecule has 1 heterocycles. The monoisotopic (exact) mass is 561 g/mol. The number of rotatable bonds is 9. The van der Waals surface area contributed by atoms with Gasteiger partial charge in [-0.05, 0) is 68.7 Å². The van der Waals surface area contributed by atoms with E-state index in [9.17, 15) is 5.11 Å². The van der Waals surface area contributed by atoms with E-state index in [0.29, 0.717) is 6.61 Å². The van der Waals surface area contributed by atoms with Crippen molar-refractivity contribution in [2.24, 2.45) is 10.4 Å². The Morgan fingerprint density at radius 2 is 1.61 bits per heavy atom. The lowest BCUT2D eigenvalue weighted by atomic mass is 9.75. The topological polar surface area (TPSA) is 78.1 Å². The Morgan fingerprint density at radius 1 is 1.00 bits per heavy atom. The molecule has 0 spiro atoms. The van der Waals surface area contributed by atoms with Crippen molar-refractivity contribution < 1.29 is 14.6 Å². The molecular weight excluding hydrogens is 510 g/mol. The Balaban J connectivity index is 0.00000129. The predicted octanol–water partition coefficient (Wildman–Crippen LogP) is 8.54. The van der Waals surface area contributed by atoms with E-state index >= 15 is 0 Å². The second kappa shape index (κ2) is 19.4. The Labute approximate surface area is 248 Å². The molecule has 6 heteroatoms. The molecule has 2 N–H and O–H groups in total. The average Bonchev–Trinajstić information content (AvgIpc) is 3.19. The van der Waals surface area contributed by atoms with Crippen molar-refractivity contribution in [1.82, 2.24) is 4.90 Å². The second-order valence-corrected chi connectivity index (χ2v) is 9.93. The molecule has 0 aliphatic carbocycles. The molecule has 1 aliphatic rings. The highest BCUT2D eigenvalue weighted by molar-refractivity contribution is 5.91. The summed E-state index contributed by atoms with van der Waals surface area (Å²) in [4.78, 5) is 6.71. The van der Waals surface area contributed by atoms with E-state index in [4.69, 9.17) is 14.9 Å². The normalized spacial score (nSPS) is 19.2. The van der Waals surface area contributed by atoms with Crippen LogP contribution < -0.4 is 0 Å². The number of phenols is 1. The van der Waals surface area contributed by atoms with Gasteiger partial charge in [0.15, 0.2) is 6.73 Å². The Hall–Kier alpha value is -3.64. The van der Waals surface area contributed by atoms with Gasteiger partial charge < -0.3 is 19.5 Å². The maximum absolute atomic E-state index is 9.74. The zero-order chi connectivity index (χ0) is 30.7. The van der Waals surface area contributed by atoms with E-state index in [-0.39, 0.29) is 23.8 Å². The molecule has 0 bridgehead atoms. The van der Waals surface area contributed by atoms with Gasteiger partial charge in [-0.15, -0.1) is 0 Å². The van der Waals surface area contributed by atoms with Gasteiger partial charge in [0.05, 0.1) is 6.61 Å². The molecule has 1 unspecified atom stereocenters. The van der Waals surface area contributed by atoms with Crippen LogP contribution in [0.1, 0.15) is 72.4 Å². The first-order valence-corrected chi connectivity index (χ1v) is 14.7. The maximum atomic E-state index is 9.74. The second-order valence-electron chi connectivity index (χ2n) is 9.93. The summed E-state index contributed by atoms with van der Waals surface area (Å²) in [6, 6.07) is 16.7. The number of nitrogens with zero attached hydrogens (tertiary/aromatic N) is 2. The van der Waals surface area contributed by atoms with Gasteiger partial charge in [0, 0.05) is 42.2 Å². The van der Waals surface area contributed by atoms with Crippen LogP contribution in [0.2, 0.25) is 0 Å². The summed E-state index contributed by atoms with van der Waals surface area (Å²) in [6.45, 7) is 16.3. The molecule has 1 aliphatic heterocycles. The largest absolute Gasteiger partial charge is 0.508 e. The number of allylic oxidation sites excluding steroid dienone is 4. The third-order valence-electron chi connectivity index (χ3n) is 6.21. The number of aliphatic imine (C=N–C) groups is 1. The van der Waals surface area contributed by atoms with Gasteiger partial charge in [-0.25, -0.2) is 0 Å². The summed E-state index contributed by atoms with van der Waals surface area (Å²) in [7, 11) is 1.70. The van der Waals surface area contributed by atoms with Crippen LogP contribution >= 0.6 is 0 Å². The fraction of sp³-hybridized carbons (Fsp3) is 0.429. The smallest absolute Gasteiger partial charge is 0.215 e. The van der Waals surface area contributed by atoms with Gasteiger partial charge in [-0.1, -0.05) is 83.0 Å². The molecule has 1 fully saturated rings. The molecule has 3 rings (SSSR count). The van der Waals surface area contributed by atoms with Crippen molar-refractivity contribution in [2.45, 2.75) is 67.7 Å². The van der Waals surface area contributed by atoms with Crippen LogP contribution in [0.25, 0.3) is 0 Å². The van der Waals surface area contributed by atoms with Crippen molar-refractivity contribution in [3.8, 4) is 5.75 Å². The number of hydrogen-bond donors (Lipinski definition) is 2. The van der Waals surface area contributed by atoms with Crippen molar-refractivity contribution in [3.63, 3.8) is 0 Å². The van der Waals surface area contributed by atoms with Gasteiger partial charge in [0.1, 0.15) is 5.75 Å². The van der Waals surface area contributed by atoms with E-state index in [0.717, 1.165) is 35.5 Å². The first-order valence-electron chi connectivity index (χ1n) is 14.7. The first kappa shape index (κ1) is 35.4. The molecule has 1 atom stereocenters. The lowest BCUT2D eigenvalue weighted by molar-refractivity contribution is 0.232.